The smallest absolute Gasteiger partial charge is 0.271 e. The van der Waals surface area contributed by atoms with Crippen LogP contribution in [0.5, 0.6) is 11.5 Å². The monoisotopic (exact) mass is 393 g/mol. The van der Waals surface area contributed by atoms with E-state index in [9.17, 15) is 9.59 Å². The standard InChI is InChI=1S/C22H23N3O4/c1-17-7-5-6-10-20(17)29-15-13-23-22(27)19-11-12-21(26)25(24-19)14-16-28-18-8-3-2-4-9-18/h2-12H,13-16H2,1H3,(H,23,27). The summed E-state index contributed by atoms with van der Waals surface area (Å²) in [5, 5.41) is 6.87. The predicted molar refractivity (Wildman–Crippen MR) is 109 cm³/mol. The molecule has 0 bridgehead atoms. The van der Waals surface area contributed by atoms with Crippen LogP contribution in [-0.2, 0) is 6.54 Å². The number of carbonyl (C=O) groups is 1. The van der Waals surface area contributed by atoms with Gasteiger partial charge in [-0.25, -0.2) is 4.68 Å². The Morgan fingerprint density at radius 1 is 0.966 bits per heavy atom. The molecule has 150 valence electrons. The lowest BCUT2D eigenvalue weighted by atomic mass is 10.2. The molecule has 3 rings (SSSR count). The summed E-state index contributed by atoms with van der Waals surface area (Å²) in [5.41, 5.74) is 0.909. The first-order valence-electron chi connectivity index (χ1n) is 9.36. The topological polar surface area (TPSA) is 82.5 Å². The second-order valence-corrected chi connectivity index (χ2v) is 6.31. The van der Waals surface area contributed by atoms with Gasteiger partial charge in [-0.3, -0.25) is 9.59 Å². The van der Waals surface area contributed by atoms with Gasteiger partial charge in [-0.05, 0) is 36.8 Å². The van der Waals surface area contributed by atoms with Crippen LogP contribution < -0.4 is 20.3 Å². The van der Waals surface area contributed by atoms with Crippen LogP contribution >= 0.6 is 0 Å². The number of ether oxygens (including phenoxy) is 2. The first kappa shape index (κ1) is 20.1. The Balaban J connectivity index is 1.49. The van der Waals surface area contributed by atoms with Crippen LogP contribution in [0.25, 0.3) is 0 Å². The van der Waals surface area contributed by atoms with E-state index in [1.807, 2.05) is 61.5 Å². The zero-order valence-electron chi connectivity index (χ0n) is 16.2. The molecule has 0 aliphatic heterocycles. The van der Waals surface area contributed by atoms with Gasteiger partial charge in [-0.2, -0.15) is 5.10 Å². The van der Waals surface area contributed by atoms with E-state index in [1.165, 1.54) is 16.8 Å². The van der Waals surface area contributed by atoms with Crippen LogP contribution in [0.4, 0.5) is 0 Å². The number of amides is 1. The molecule has 1 N–H and O–H groups in total. The second kappa shape index (κ2) is 10.1. The molecule has 1 heterocycles. The van der Waals surface area contributed by atoms with E-state index in [4.69, 9.17) is 9.47 Å². The van der Waals surface area contributed by atoms with Crippen molar-refractivity contribution >= 4 is 5.91 Å². The molecule has 0 unspecified atom stereocenters. The van der Waals surface area contributed by atoms with E-state index < -0.39 is 0 Å². The minimum atomic E-state index is -0.365. The lowest BCUT2D eigenvalue weighted by Crippen LogP contribution is -2.32. The van der Waals surface area contributed by atoms with Gasteiger partial charge in [0.15, 0.2) is 0 Å². The van der Waals surface area contributed by atoms with E-state index in [0.29, 0.717) is 18.9 Å². The van der Waals surface area contributed by atoms with Crippen LogP contribution in [0.1, 0.15) is 16.1 Å². The largest absolute Gasteiger partial charge is 0.492 e. The molecule has 1 aromatic heterocycles. The highest BCUT2D eigenvalue weighted by atomic mass is 16.5. The number of rotatable bonds is 9. The fraction of sp³-hybridized carbons (Fsp3) is 0.227. The molecule has 0 saturated heterocycles. The lowest BCUT2D eigenvalue weighted by molar-refractivity contribution is 0.0939. The van der Waals surface area contributed by atoms with Gasteiger partial charge in [0.25, 0.3) is 11.5 Å². The molecule has 0 fully saturated rings. The number of benzene rings is 2. The highest BCUT2D eigenvalue weighted by molar-refractivity contribution is 5.91. The van der Waals surface area contributed by atoms with Crippen molar-refractivity contribution in [2.45, 2.75) is 13.5 Å². The number of aromatic nitrogens is 2. The van der Waals surface area contributed by atoms with E-state index in [2.05, 4.69) is 10.4 Å². The third-order valence-electron chi connectivity index (χ3n) is 4.15. The van der Waals surface area contributed by atoms with Crippen LogP contribution in [0.15, 0.2) is 71.5 Å². The van der Waals surface area contributed by atoms with Crippen molar-refractivity contribution in [3.63, 3.8) is 0 Å². The van der Waals surface area contributed by atoms with Gasteiger partial charge in [0.05, 0.1) is 13.1 Å². The van der Waals surface area contributed by atoms with Crippen molar-refractivity contribution in [2.24, 2.45) is 0 Å². The molecule has 0 radical (unpaired) electrons. The maximum absolute atomic E-state index is 12.3. The lowest BCUT2D eigenvalue weighted by Gasteiger charge is -2.10. The number of nitrogens with one attached hydrogen (secondary N) is 1. The minimum Gasteiger partial charge on any atom is -0.492 e. The summed E-state index contributed by atoms with van der Waals surface area (Å²) >= 11 is 0. The van der Waals surface area contributed by atoms with Crippen molar-refractivity contribution in [2.75, 3.05) is 19.8 Å². The highest BCUT2D eigenvalue weighted by Gasteiger charge is 2.09. The number of carbonyl (C=O) groups excluding carboxylic acids is 1. The number of para-hydroxylation sites is 2. The normalized spacial score (nSPS) is 10.4. The van der Waals surface area contributed by atoms with E-state index >= 15 is 0 Å². The molecule has 1 amide bonds. The first-order valence-corrected chi connectivity index (χ1v) is 9.36. The Kier molecular flexibility index (Phi) is 7.00. The van der Waals surface area contributed by atoms with Crippen molar-refractivity contribution in [3.8, 4) is 11.5 Å². The summed E-state index contributed by atoms with van der Waals surface area (Å²) in [5.74, 6) is 1.13. The molecule has 2 aromatic carbocycles. The zero-order chi connectivity index (χ0) is 20.5. The molecule has 7 nitrogen and oxygen atoms in total. The quantitative estimate of drug-likeness (QED) is 0.565. The zero-order valence-corrected chi connectivity index (χ0v) is 16.2. The van der Waals surface area contributed by atoms with Gasteiger partial charge in [0, 0.05) is 6.07 Å². The van der Waals surface area contributed by atoms with Crippen molar-refractivity contribution in [1.82, 2.24) is 15.1 Å². The fourth-order valence-corrected chi connectivity index (χ4v) is 2.63. The molecular weight excluding hydrogens is 370 g/mol. The Bertz CT molecular complexity index is 1000. The summed E-state index contributed by atoms with van der Waals surface area (Å²) in [6, 6.07) is 19.7. The highest BCUT2D eigenvalue weighted by Crippen LogP contribution is 2.15. The van der Waals surface area contributed by atoms with Crippen LogP contribution in [0.2, 0.25) is 0 Å². The maximum atomic E-state index is 12.3. The number of hydrogen-bond donors (Lipinski definition) is 1. The fourth-order valence-electron chi connectivity index (χ4n) is 2.63. The predicted octanol–water partition coefficient (Wildman–Crippen LogP) is 2.44. The summed E-state index contributed by atoms with van der Waals surface area (Å²) in [6.45, 7) is 3.13. The van der Waals surface area contributed by atoms with E-state index in [1.54, 1.807) is 0 Å². The van der Waals surface area contributed by atoms with Crippen LogP contribution in [0, 0.1) is 6.92 Å². The van der Waals surface area contributed by atoms with Gasteiger partial charge < -0.3 is 14.8 Å². The summed E-state index contributed by atoms with van der Waals surface area (Å²) < 4.78 is 12.5. The van der Waals surface area contributed by atoms with E-state index in [-0.39, 0.29) is 30.3 Å². The molecule has 0 aliphatic rings. The molecule has 0 aliphatic carbocycles. The van der Waals surface area contributed by atoms with Gasteiger partial charge in [0.1, 0.15) is 30.4 Å². The average Bonchev–Trinajstić information content (AvgIpc) is 2.74. The first-order chi connectivity index (χ1) is 14.1. The molecule has 0 spiro atoms. The van der Waals surface area contributed by atoms with Gasteiger partial charge in [-0.15, -0.1) is 0 Å². The van der Waals surface area contributed by atoms with Gasteiger partial charge in [0.2, 0.25) is 0 Å². The summed E-state index contributed by atoms with van der Waals surface area (Å²) in [4.78, 5) is 24.3. The second-order valence-electron chi connectivity index (χ2n) is 6.31. The summed E-state index contributed by atoms with van der Waals surface area (Å²) in [6.07, 6.45) is 0. The van der Waals surface area contributed by atoms with Crippen molar-refractivity contribution < 1.29 is 14.3 Å². The molecule has 0 saturated carbocycles. The molecular formula is C22H23N3O4. The van der Waals surface area contributed by atoms with Gasteiger partial charge in [-0.1, -0.05) is 36.4 Å². The van der Waals surface area contributed by atoms with Crippen molar-refractivity contribution in [3.05, 3.63) is 88.3 Å². The number of aryl methyl sites for hydroxylation is 1. The number of nitrogens with zero attached hydrogens (tertiary/aromatic N) is 2. The molecule has 0 atom stereocenters. The Morgan fingerprint density at radius 3 is 2.52 bits per heavy atom. The van der Waals surface area contributed by atoms with Crippen molar-refractivity contribution in [1.29, 1.82) is 0 Å². The van der Waals surface area contributed by atoms with E-state index in [0.717, 1.165) is 11.3 Å². The van der Waals surface area contributed by atoms with Crippen LogP contribution in [-0.4, -0.2) is 35.4 Å². The maximum Gasteiger partial charge on any atom is 0.271 e. The molecule has 7 heteroatoms. The average molecular weight is 393 g/mol. The Hall–Kier alpha value is -3.61. The molecule has 29 heavy (non-hydrogen) atoms. The minimum absolute atomic E-state index is 0.167. The van der Waals surface area contributed by atoms with Crippen LogP contribution in [0.3, 0.4) is 0 Å². The molecule has 3 aromatic rings. The Morgan fingerprint density at radius 2 is 1.72 bits per heavy atom. The Labute approximate surface area is 168 Å². The summed E-state index contributed by atoms with van der Waals surface area (Å²) in [7, 11) is 0. The van der Waals surface area contributed by atoms with Gasteiger partial charge >= 0.3 is 0 Å². The third kappa shape index (κ3) is 5.93. The third-order valence-corrected chi connectivity index (χ3v) is 4.15. The SMILES string of the molecule is Cc1ccccc1OCCNC(=O)c1ccc(=O)n(CCOc2ccccc2)n1. The number of hydrogen-bond acceptors (Lipinski definition) is 5.